The van der Waals surface area contributed by atoms with Crippen molar-refractivity contribution in [1.29, 1.82) is 0 Å². The summed E-state index contributed by atoms with van der Waals surface area (Å²) in [5.41, 5.74) is 1.17. The highest BCUT2D eigenvalue weighted by atomic mass is 32.1. The molecule has 0 spiro atoms. The van der Waals surface area contributed by atoms with Crippen molar-refractivity contribution in [1.82, 2.24) is 14.3 Å². The van der Waals surface area contributed by atoms with E-state index >= 15 is 0 Å². The van der Waals surface area contributed by atoms with Crippen molar-refractivity contribution in [3.05, 3.63) is 51.5 Å². The Bertz CT molecular complexity index is 1030. The van der Waals surface area contributed by atoms with Gasteiger partial charge in [-0.05, 0) is 41.9 Å². The number of rotatable bonds is 6. The maximum absolute atomic E-state index is 11.7. The monoisotopic (exact) mass is 399 g/mol. The summed E-state index contributed by atoms with van der Waals surface area (Å²) < 4.78 is 6.96. The van der Waals surface area contributed by atoms with E-state index in [1.807, 2.05) is 17.5 Å². The molecule has 1 saturated carbocycles. The minimum atomic E-state index is -0.358. The average molecular weight is 399 g/mol. The largest absolute Gasteiger partial charge is 0.497 e. The first kappa shape index (κ1) is 17.4. The van der Waals surface area contributed by atoms with E-state index in [1.165, 1.54) is 29.7 Å². The number of hydrogen-bond donors (Lipinski definition) is 1. The molecule has 0 amide bonds. The third kappa shape index (κ3) is 2.91. The van der Waals surface area contributed by atoms with Crippen LogP contribution in [0.15, 0.2) is 35.8 Å². The Kier molecular flexibility index (Phi) is 4.21. The highest BCUT2D eigenvalue weighted by Gasteiger charge is 2.43. The van der Waals surface area contributed by atoms with Crippen LogP contribution in [0.25, 0.3) is 4.96 Å². The fraction of sp³-hybridized carbons (Fsp3) is 0.421. The summed E-state index contributed by atoms with van der Waals surface area (Å²) in [7, 11) is 1.67. The number of aromatic nitrogens is 2. The Morgan fingerprint density at radius 3 is 2.96 bits per heavy atom. The second kappa shape index (κ2) is 6.75. The number of benzene rings is 1. The topological polar surface area (TPSA) is 84.9 Å². The van der Waals surface area contributed by atoms with Gasteiger partial charge < -0.3 is 20.2 Å². The number of ether oxygens (including phenoxy) is 1. The van der Waals surface area contributed by atoms with Gasteiger partial charge in [0.05, 0.1) is 13.2 Å². The van der Waals surface area contributed by atoms with Crippen molar-refractivity contribution in [2.45, 2.75) is 37.4 Å². The molecule has 0 bridgehead atoms. The molecule has 0 radical (unpaired) electrons. The molecule has 2 aliphatic rings. The van der Waals surface area contributed by atoms with E-state index in [0.29, 0.717) is 16.8 Å². The minimum absolute atomic E-state index is 0.00511. The Hall–Kier alpha value is -2.65. The first-order valence-electron chi connectivity index (χ1n) is 9.42. The molecule has 2 aromatic heterocycles. The highest BCUT2D eigenvalue weighted by molar-refractivity contribution is 7.15. The van der Waals surface area contributed by atoms with Gasteiger partial charge in [0.2, 0.25) is 5.82 Å². The van der Waals surface area contributed by atoms with Gasteiger partial charge in [0.15, 0.2) is 0 Å². The molecular formula is C19H21N5O3S. The van der Waals surface area contributed by atoms with Crippen molar-refractivity contribution in [2.75, 3.05) is 19.0 Å². The zero-order chi connectivity index (χ0) is 19.3. The van der Waals surface area contributed by atoms with Crippen LogP contribution in [0.3, 0.4) is 0 Å². The normalized spacial score (nSPS) is 22.6. The summed E-state index contributed by atoms with van der Waals surface area (Å²) in [5.74, 6) is 1.19. The standard InChI is InChI=1S/C19H21N5O3S/c1-27-14-4-2-3-12(11-14)16-15(7-8-22(16)13-5-6-13)20-17-18(24(25)26)23-9-10-28-19(23)21-17/h2-4,9-11,13,15-16,20H,5-8H2,1H3. The molecule has 5 rings (SSSR count). The van der Waals surface area contributed by atoms with Gasteiger partial charge in [0.25, 0.3) is 4.96 Å². The number of fused-ring (bicyclic) bond motifs is 1. The van der Waals surface area contributed by atoms with Gasteiger partial charge in [-0.3, -0.25) is 4.90 Å². The number of nitrogens with one attached hydrogen (secondary N) is 1. The molecule has 3 aromatic rings. The van der Waals surface area contributed by atoms with E-state index in [2.05, 4.69) is 27.3 Å². The van der Waals surface area contributed by atoms with Crippen LogP contribution in [0.5, 0.6) is 5.75 Å². The molecule has 2 atom stereocenters. The van der Waals surface area contributed by atoms with E-state index in [9.17, 15) is 10.1 Å². The lowest BCUT2D eigenvalue weighted by Gasteiger charge is -2.29. The smallest absolute Gasteiger partial charge is 0.372 e. The molecule has 1 saturated heterocycles. The van der Waals surface area contributed by atoms with Crippen LogP contribution in [0.4, 0.5) is 11.6 Å². The first-order chi connectivity index (χ1) is 13.7. The summed E-state index contributed by atoms with van der Waals surface area (Å²) >= 11 is 1.40. The number of methoxy groups -OCH3 is 1. The van der Waals surface area contributed by atoms with Gasteiger partial charge in [-0.15, -0.1) is 0 Å². The highest BCUT2D eigenvalue weighted by Crippen LogP contribution is 2.43. The zero-order valence-electron chi connectivity index (χ0n) is 15.4. The minimum Gasteiger partial charge on any atom is -0.497 e. The summed E-state index contributed by atoms with van der Waals surface area (Å²) in [6.07, 6.45) is 5.04. The number of nitro groups is 1. The van der Waals surface area contributed by atoms with Crippen LogP contribution in [0.1, 0.15) is 30.9 Å². The maximum Gasteiger partial charge on any atom is 0.372 e. The van der Waals surface area contributed by atoms with E-state index < -0.39 is 0 Å². The molecule has 1 N–H and O–H groups in total. The molecule has 1 aliphatic heterocycles. The first-order valence-corrected chi connectivity index (χ1v) is 10.3. The van der Waals surface area contributed by atoms with E-state index in [-0.39, 0.29) is 22.8 Å². The van der Waals surface area contributed by atoms with E-state index in [1.54, 1.807) is 17.7 Å². The fourth-order valence-corrected chi connectivity index (χ4v) is 4.96. The maximum atomic E-state index is 11.7. The lowest BCUT2D eigenvalue weighted by Crippen LogP contribution is -2.33. The van der Waals surface area contributed by atoms with Crippen LogP contribution >= 0.6 is 11.3 Å². The molecule has 1 aromatic carbocycles. The van der Waals surface area contributed by atoms with Gasteiger partial charge >= 0.3 is 5.82 Å². The van der Waals surface area contributed by atoms with E-state index in [4.69, 9.17) is 4.74 Å². The third-order valence-corrected chi connectivity index (χ3v) is 6.38. The van der Waals surface area contributed by atoms with Crippen LogP contribution in [0.2, 0.25) is 0 Å². The quantitative estimate of drug-likeness (QED) is 0.502. The van der Waals surface area contributed by atoms with Gasteiger partial charge in [-0.1, -0.05) is 23.5 Å². The molecule has 2 fully saturated rings. The Labute approximate surface area is 165 Å². The van der Waals surface area contributed by atoms with Crippen LogP contribution in [-0.4, -0.2) is 44.9 Å². The molecule has 146 valence electrons. The number of nitrogens with zero attached hydrogens (tertiary/aromatic N) is 4. The molecule has 2 unspecified atom stereocenters. The Morgan fingerprint density at radius 1 is 1.36 bits per heavy atom. The summed E-state index contributed by atoms with van der Waals surface area (Å²) in [5, 5.41) is 16.9. The Morgan fingerprint density at radius 2 is 2.21 bits per heavy atom. The third-order valence-electron chi connectivity index (χ3n) is 5.62. The summed E-state index contributed by atoms with van der Waals surface area (Å²) in [6.45, 7) is 0.972. The van der Waals surface area contributed by atoms with Crippen molar-refractivity contribution in [2.24, 2.45) is 0 Å². The number of likely N-dealkylation sites (tertiary alicyclic amines) is 1. The Balaban J connectivity index is 1.50. The molecule has 8 nitrogen and oxygen atoms in total. The van der Waals surface area contributed by atoms with Crippen molar-refractivity contribution in [3.63, 3.8) is 0 Å². The summed E-state index contributed by atoms with van der Waals surface area (Å²) in [6, 6.07) is 8.92. The average Bonchev–Trinajstić information content (AvgIpc) is 3.14. The zero-order valence-corrected chi connectivity index (χ0v) is 16.3. The van der Waals surface area contributed by atoms with Gasteiger partial charge in [0, 0.05) is 24.0 Å². The number of thiazole rings is 1. The van der Waals surface area contributed by atoms with Crippen molar-refractivity contribution in [3.8, 4) is 5.75 Å². The van der Waals surface area contributed by atoms with Gasteiger partial charge in [-0.25, -0.2) is 0 Å². The second-order valence-corrected chi connectivity index (χ2v) is 8.20. The number of anilines is 1. The molecular weight excluding hydrogens is 378 g/mol. The summed E-state index contributed by atoms with van der Waals surface area (Å²) in [4.78, 5) is 19.0. The van der Waals surface area contributed by atoms with Crippen molar-refractivity contribution < 1.29 is 9.66 Å². The van der Waals surface area contributed by atoms with Gasteiger partial charge in [-0.2, -0.15) is 9.38 Å². The second-order valence-electron chi connectivity index (χ2n) is 7.33. The molecule has 3 heterocycles. The van der Waals surface area contributed by atoms with E-state index in [0.717, 1.165) is 18.7 Å². The number of imidazole rings is 1. The van der Waals surface area contributed by atoms with Crippen LogP contribution < -0.4 is 10.1 Å². The molecule has 1 aliphatic carbocycles. The predicted molar refractivity (Wildman–Crippen MR) is 107 cm³/mol. The van der Waals surface area contributed by atoms with Crippen LogP contribution in [-0.2, 0) is 0 Å². The van der Waals surface area contributed by atoms with Crippen LogP contribution in [0, 0.1) is 10.1 Å². The lowest BCUT2D eigenvalue weighted by molar-refractivity contribution is -0.389. The van der Waals surface area contributed by atoms with Gasteiger partial charge in [0.1, 0.15) is 11.9 Å². The molecule has 9 heteroatoms. The lowest BCUT2D eigenvalue weighted by atomic mass is 9.99. The molecule has 28 heavy (non-hydrogen) atoms. The fourth-order valence-electron chi connectivity index (χ4n) is 4.25. The number of hydrogen-bond acceptors (Lipinski definition) is 7. The van der Waals surface area contributed by atoms with Crippen molar-refractivity contribution >= 4 is 27.9 Å². The predicted octanol–water partition coefficient (Wildman–Crippen LogP) is 3.70. The SMILES string of the molecule is COc1cccc(C2C(Nc3nc4sccn4c3[N+](=O)[O-])CCN2C2CC2)c1.